The number of carbonyl (C=O) groups is 1. The summed E-state index contributed by atoms with van der Waals surface area (Å²) < 4.78 is 5.53. The maximum atomic E-state index is 11.7. The number of hydrogen-bond donors (Lipinski definition) is 1. The Hall–Kier alpha value is -1.27. The SMILES string of the molecule is CS[C@@H](C)C(=O)NCc1ccc(N2CCO[C@H](C)C2)nc1. The Kier molecular flexibility index (Phi) is 5.87. The molecule has 0 aromatic carbocycles. The molecule has 1 aromatic rings. The maximum Gasteiger partial charge on any atom is 0.233 e. The van der Waals surface area contributed by atoms with E-state index in [2.05, 4.69) is 22.1 Å². The number of pyridine rings is 1. The second-order valence-electron chi connectivity index (χ2n) is 5.25. The lowest BCUT2D eigenvalue weighted by molar-refractivity contribution is -0.120. The number of morpholine rings is 1. The number of anilines is 1. The molecule has 1 saturated heterocycles. The Balaban J connectivity index is 1.88. The zero-order chi connectivity index (χ0) is 15.2. The van der Waals surface area contributed by atoms with Crippen LogP contribution in [0.15, 0.2) is 18.3 Å². The second-order valence-corrected chi connectivity index (χ2v) is 6.43. The molecule has 1 aromatic heterocycles. The van der Waals surface area contributed by atoms with Gasteiger partial charge in [0, 0.05) is 25.8 Å². The number of aromatic nitrogens is 1. The summed E-state index contributed by atoms with van der Waals surface area (Å²) in [7, 11) is 0. The highest BCUT2D eigenvalue weighted by atomic mass is 32.2. The van der Waals surface area contributed by atoms with Crippen molar-refractivity contribution in [3.8, 4) is 0 Å². The maximum absolute atomic E-state index is 11.7. The number of nitrogens with one attached hydrogen (secondary N) is 1. The minimum atomic E-state index is -0.0212. The van der Waals surface area contributed by atoms with E-state index in [-0.39, 0.29) is 17.3 Å². The molecule has 116 valence electrons. The molecule has 2 rings (SSSR count). The molecular weight excluding hydrogens is 286 g/mol. The van der Waals surface area contributed by atoms with Gasteiger partial charge in [-0.05, 0) is 31.7 Å². The molecule has 21 heavy (non-hydrogen) atoms. The Morgan fingerprint density at radius 2 is 2.43 bits per heavy atom. The van der Waals surface area contributed by atoms with Gasteiger partial charge in [-0.1, -0.05) is 6.07 Å². The number of carbonyl (C=O) groups excluding carboxylic acids is 1. The van der Waals surface area contributed by atoms with Crippen molar-refractivity contribution in [2.75, 3.05) is 30.9 Å². The molecule has 2 heterocycles. The summed E-state index contributed by atoms with van der Waals surface area (Å²) in [6.45, 7) is 6.99. The van der Waals surface area contributed by atoms with E-state index >= 15 is 0 Å². The van der Waals surface area contributed by atoms with Crippen LogP contribution >= 0.6 is 11.8 Å². The molecular formula is C15H23N3O2S. The molecule has 0 radical (unpaired) electrons. The zero-order valence-electron chi connectivity index (χ0n) is 12.8. The van der Waals surface area contributed by atoms with Crippen molar-refractivity contribution in [3.05, 3.63) is 23.9 Å². The number of nitrogens with zero attached hydrogens (tertiary/aromatic N) is 2. The highest BCUT2D eigenvalue weighted by Crippen LogP contribution is 2.15. The minimum absolute atomic E-state index is 0.0212. The van der Waals surface area contributed by atoms with Crippen LogP contribution in [0.4, 0.5) is 5.82 Å². The Bertz CT molecular complexity index is 466. The standard InChI is InChI=1S/C15H23N3O2S/c1-11-10-18(6-7-20-11)14-5-4-13(8-16-14)9-17-15(19)12(2)21-3/h4-5,8,11-12H,6-7,9-10H2,1-3H3,(H,17,19)/t11-,12+/m1/s1. The molecule has 0 bridgehead atoms. The molecule has 1 aliphatic rings. The smallest absolute Gasteiger partial charge is 0.233 e. The van der Waals surface area contributed by atoms with Gasteiger partial charge in [-0.25, -0.2) is 4.98 Å². The van der Waals surface area contributed by atoms with Crippen LogP contribution in [-0.4, -0.2) is 48.2 Å². The van der Waals surface area contributed by atoms with Crippen molar-refractivity contribution in [2.45, 2.75) is 31.7 Å². The third-order valence-electron chi connectivity index (χ3n) is 3.56. The van der Waals surface area contributed by atoms with Gasteiger partial charge in [-0.15, -0.1) is 0 Å². The van der Waals surface area contributed by atoms with Crippen LogP contribution in [-0.2, 0) is 16.1 Å². The summed E-state index contributed by atoms with van der Waals surface area (Å²) in [5, 5.41) is 2.90. The van der Waals surface area contributed by atoms with Gasteiger partial charge >= 0.3 is 0 Å². The monoisotopic (exact) mass is 309 g/mol. The summed E-state index contributed by atoms with van der Waals surface area (Å²) in [6, 6.07) is 4.03. The van der Waals surface area contributed by atoms with E-state index in [0.717, 1.165) is 31.1 Å². The fraction of sp³-hybridized carbons (Fsp3) is 0.600. The quantitative estimate of drug-likeness (QED) is 0.897. The lowest BCUT2D eigenvalue weighted by atomic mass is 10.2. The highest BCUT2D eigenvalue weighted by molar-refractivity contribution is 7.99. The summed E-state index contributed by atoms with van der Waals surface area (Å²) in [5.74, 6) is 1.03. The first kappa shape index (κ1) is 16.1. The molecule has 2 atom stereocenters. The van der Waals surface area contributed by atoms with E-state index in [0.29, 0.717) is 6.54 Å². The van der Waals surface area contributed by atoms with Crippen molar-refractivity contribution in [1.82, 2.24) is 10.3 Å². The lowest BCUT2D eigenvalue weighted by Crippen LogP contribution is -2.41. The van der Waals surface area contributed by atoms with E-state index in [1.165, 1.54) is 0 Å². The molecule has 1 N–H and O–H groups in total. The van der Waals surface area contributed by atoms with Crippen LogP contribution < -0.4 is 10.2 Å². The molecule has 6 heteroatoms. The van der Waals surface area contributed by atoms with Crippen LogP contribution in [0.2, 0.25) is 0 Å². The van der Waals surface area contributed by atoms with Crippen molar-refractivity contribution < 1.29 is 9.53 Å². The van der Waals surface area contributed by atoms with Gasteiger partial charge in [-0.3, -0.25) is 4.79 Å². The number of ether oxygens (including phenoxy) is 1. The highest BCUT2D eigenvalue weighted by Gasteiger charge is 2.17. The molecule has 5 nitrogen and oxygen atoms in total. The number of thioether (sulfide) groups is 1. The van der Waals surface area contributed by atoms with Crippen LogP contribution in [0.3, 0.4) is 0 Å². The zero-order valence-corrected chi connectivity index (χ0v) is 13.7. The average Bonchev–Trinajstić information content (AvgIpc) is 2.52. The van der Waals surface area contributed by atoms with Crippen molar-refractivity contribution >= 4 is 23.5 Å². The first-order chi connectivity index (χ1) is 10.1. The molecule has 1 amide bonds. The van der Waals surface area contributed by atoms with Crippen LogP contribution in [0, 0.1) is 0 Å². The van der Waals surface area contributed by atoms with E-state index in [4.69, 9.17) is 4.74 Å². The van der Waals surface area contributed by atoms with E-state index in [1.807, 2.05) is 31.5 Å². The summed E-state index contributed by atoms with van der Waals surface area (Å²) in [5.41, 5.74) is 1.02. The van der Waals surface area contributed by atoms with Crippen molar-refractivity contribution in [2.24, 2.45) is 0 Å². The fourth-order valence-electron chi connectivity index (χ4n) is 2.17. The molecule has 0 aliphatic carbocycles. The predicted molar refractivity (Wildman–Crippen MR) is 86.7 cm³/mol. The summed E-state index contributed by atoms with van der Waals surface area (Å²) in [4.78, 5) is 18.4. The van der Waals surface area contributed by atoms with Gasteiger partial charge in [0.05, 0.1) is 18.0 Å². The summed E-state index contributed by atoms with van der Waals surface area (Å²) in [6.07, 6.45) is 4.01. The number of amides is 1. The predicted octanol–water partition coefficient (Wildman–Crippen LogP) is 1.67. The van der Waals surface area contributed by atoms with Crippen LogP contribution in [0.5, 0.6) is 0 Å². The molecule has 0 saturated carbocycles. The first-order valence-electron chi connectivity index (χ1n) is 7.22. The van der Waals surface area contributed by atoms with E-state index < -0.39 is 0 Å². The largest absolute Gasteiger partial charge is 0.375 e. The molecule has 0 unspecified atom stereocenters. The molecule has 1 aliphatic heterocycles. The van der Waals surface area contributed by atoms with Gasteiger partial charge in [-0.2, -0.15) is 11.8 Å². The minimum Gasteiger partial charge on any atom is -0.375 e. The Morgan fingerprint density at radius 3 is 3.05 bits per heavy atom. The normalized spacial score (nSPS) is 20.1. The Morgan fingerprint density at radius 1 is 1.62 bits per heavy atom. The van der Waals surface area contributed by atoms with E-state index in [1.54, 1.807) is 11.8 Å². The van der Waals surface area contributed by atoms with Crippen molar-refractivity contribution in [3.63, 3.8) is 0 Å². The molecule has 1 fully saturated rings. The lowest BCUT2D eigenvalue weighted by Gasteiger charge is -2.32. The van der Waals surface area contributed by atoms with Crippen LogP contribution in [0.25, 0.3) is 0 Å². The van der Waals surface area contributed by atoms with Crippen molar-refractivity contribution in [1.29, 1.82) is 0 Å². The Labute approximate surface area is 130 Å². The van der Waals surface area contributed by atoms with Gasteiger partial charge < -0.3 is 15.0 Å². The average molecular weight is 309 g/mol. The van der Waals surface area contributed by atoms with Gasteiger partial charge in [0.15, 0.2) is 0 Å². The number of hydrogen-bond acceptors (Lipinski definition) is 5. The second kappa shape index (κ2) is 7.66. The third-order valence-corrected chi connectivity index (χ3v) is 4.48. The topological polar surface area (TPSA) is 54.5 Å². The summed E-state index contributed by atoms with van der Waals surface area (Å²) >= 11 is 1.54. The fourth-order valence-corrected chi connectivity index (χ4v) is 2.47. The van der Waals surface area contributed by atoms with Gasteiger partial charge in [0.25, 0.3) is 0 Å². The third kappa shape index (κ3) is 4.61. The first-order valence-corrected chi connectivity index (χ1v) is 8.51. The van der Waals surface area contributed by atoms with Crippen LogP contribution in [0.1, 0.15) is 19.4 Å². The van der Waals surface area contributed by atoms with Gasteiger partial charge in [0.2, 0.25) is 5.91 Å². The van der Waals surface area contributed by atoms with E-state index in [9.17, 15) is 4.79 Å². The van der Waals surface area contributed by atoms with Gasteiger partial charge in [0.1, 0.15) is 5.82 Å². The molecule has 0 spiro atoms. The number of rotatable bonds is 5.